The Hall–Kier alpha value is -0.630. The molecule has 0 N–H and O–H groups in total. The molecule has 0 amide bonds. The average Bonchev–Trinajstić information content (AvgIpc) is 3.13. The van der Waals surface area contributed by atoms with E-state index in [4.69, 9.17) is 4.74 Å². The fraction of sp³-hybridized carbons (Fsp3) is 0.864. The minimum atomic E-state index is 0.256. The maximum atomic E-state index is 11.8. The minimum absolute atomic E-state index is 0.256. The number of allylic oxidation sites excluding steroid dienone is 1. The summed E-state index contributed by atoms with van der Waals surface area (Å²) in [6.45, 7) is 3.62. The fourth-order valence-electron chi connectivity index (χ4n) is 8.69. The highest BCUT2D eigenvalue weighted by Gasteiger charge is 2.76. The van der Waals surface area contributed by atoms with Gasteiger partial charge in [-0.1, -0.05) is 12.5 Å². The molecule has 5 fully saturated rings. The predicted molar refractivity (Wildman–Crippen MR) is 92.4 cm³/mol. The molecule has 8 atom stereocenters. The van der Waals surface area contributed by atoms with Crippen LogP contribution in [0.2, 0.25) is 0 Å². The van der Waals surface area contributed by atoms with Gasteiger partial charge in [0.25, 0.3) is 0 Å². The summed E-state index contributed by atoms with van der Waals surface area (Å²) in [7, 11) is 0. The van der Waals surface area contributed by atoms with Gasteiger partial charge in [0.2, 0.25) is 0 Å². The van der Waals surface area contributed by atoms with Crippen LogP contribution in [0.5, 0.6) is 0 Å². The zero-order valence-corrected chi connectivity index (χ0v) is 14.9. The van der Waals surface area contributed by atoms with Crippen LogP contribution in [-0.2, 0) is 9.53 Å². The lowest BCUT2D eigenvalue weighted by Gasteiger charge is -2.57. The van der Waals surface area contributed by atoms with Crippen molar-refractivity contribution in [3.63, 3.8) is 0 Å². The van der Waals surface area contributed by atoms with Crippen LogP contribution in [0.25, 0.3) is 0 Å². The molecule has 1 saturated heterocycles. The Kier molecular flexibility index (Phi) is 2.76. The number of ether oxygens (including phenoxy) is 1. The summed E-state index contributed by atoms with van der Waals surface area (Å²) in [5.41, 5.74) is 2.23. The molecule has 1 heterocycles. The van der Waals surface area contributed by atoms with Gasteiger partial charge in [0.15, 0.2) is 5.78 Å². The third-order valence-corrected chi connectivity index (χ3v) is 9.47. The second-order valence-electron chi connectivity index (χ2n) is 10.0. The van der Waals surface area contributed by atoms with Gasteiger partial charge in [0.05, 0.1) is 5.60 Å². The standard InChI is InChI=1S/C22H30O2/c1-21-9-7-16-15-6-4-14(23)11-13(15)3-5-17(16)20(21)18-12-19(18)22(21)8-2-10-24-22/h11,15-20H,2-10,12H2,1H3/t15-,16+,17+,18+,19-,20+,21-,22-/m0/s1. The van der Waals surface area contributed by atoms with Crippen molar-refractivity contribution < 1.29 is 9.53 Å². The lowest BCUT2D eigenvalue weighted by atomic mass is 9.49. The van der Waals surface area contributed by atoms with E-state index in [0.29, 0.717) is 11.2 Å². The van der Waals surface area contributed by atoms with E-state index in [1.54, 1.807) is 0 Å². The summed E-state index contributed by atoms with van der Waals surface area (Å²) in [6, 6.07) is 0. The van der Waals surface area contributed by atoms with E-state index in [-0.39, 0.29) is 5.60 Å². The highest BCUT2D eigenvalue weighted by Crippen LogP contribution is 2.78. The van der Waals surface area contributed by atoms with Crippen molar-refractivity contribution in [1.82, 2.24) is 0 Å². The Morgan fingerprint density at radius 3 is 2.83 bits per heavy atom. The minimum Gasteiger partial charge on any atom is -0.374 e. The van der Waals surface area contributed by atoms with Gasteiger partial charge in [0, 0.05) is 18.4 Å². The van der Waals surface area contributed by atoms with Crippen molar-refractivity contribution >= 4 is 5.78 Å². The Balaban J connectivity index is 1.37. The normalized spacial score (nSPS) is 57.9. The topological polar surface area (TPSA) is 26.3 Å². The van der Waals surface area contributed by atoms with Gasteiger partial charge >= 0.3 is 0 Å². The Morgan fingerprint density at radius 1 is 1.08 bits per heavy atom. The average molecular weight is 326 g/mol. The molecular weight excluding hydrogens is 296 g/mol. The Morgan fingerprint density at radius 2 is 2.00 bits per heavy atom. The van der Waals surface area contributed by atoms with Crippen molar-refractivity contribution in [3.05, 3.63) is 11.6 Å². The van der Waals surface area contributed by atoms with Crippen LogP contribution in [0.4, 0.5) is 0 Å². The third-order valence-electron chi connectivity index (χ3n) is 9.47. The van der Waals surface area contributed by atoms with Gasteiger partial charge in [-0.05, 0) is 93.0 Å². The lowest BCUT2D eigenvalue weighted by molar-refractivity contribution is -0.147. The molecule has 2 nitrogen and oxygen atoms in total. The lowest BCUT2D eigenvalue weighted by Crippen LogP contribution is -2.54. The zero-order chi connectivity index (χ0) is 16.1. The molecule has 24 heavy (non-hydrogen) atoms. The predicted octanol–water partition coefficient (Wildman–Crippen LogP) is 4.53. The summed E-state index contributed by atoms with van der Waals surface area (Å²) in [6.07, 6.45) is 13.4. The molecule has 0 unspecified atom stereocenters. The van der Waals surface area contributed by atoms with E-state index < -0.39 is 0 Å². The SMILES string of the molecule is C[C@]12CC[C@H]3[C@@H](CCC4=CC(=O)CC[C@@H]43)[C@@H]1[C@@H]1C[C@@H]1[C@@]21CCCO1. The van der Waals surface area contributed by atoms with Crippen LogP contribution in [0.15, 0.2) is 11.6 Å². The van der Waals surface area contributed by atoms with Crippen LogP contribution < -0.4 is 0 Å². The molecule has 0 aromatic rings. The van der Waals surface area contributed by atoms with E-state index in [2.05, 4.69) is 6.92 Å². The van der Waals surface area contributed by atoms with Crippen molar-refractivity contribution in [2.75, 3.05) is 6.61 Å². The molecule has 2 heteroatoms. The van der Waals surface area contributed by atoms with Gasteiger partial charge in [0.1, 0.15) is 0 Å². The quantitative estimate of drug-likeness (QED) is 0.653. The van der Waals surface area contributed by atoms with E-state index in [1.807, 2.05) is 6.08 Å². The summed E-state index contributed by atoms with van der Waals surface area (Å²) in [5.74, 6) is 5.69. The monoisotopic (exact) mass is 326 g/mol. The van der Waals surface area contributed by atoms with Crippen LogP contribution in [0, 0.1) is 40.9 Å². The van der Waals surface area contributed by atoms with Crippen LogP contribution in [-0.4, -0.2) is 18.0 Å². The smallest absolute Gasteiger partial charge is 0.155 e. The highest BCUT2D eigenvalue weighted by atomic mass is 16.5. The molecule has 1 spiro atoms. The first-order chi connectivity index (χ1) is 11.6. The molecule has 130 valence electrons. The van der Waals surface area contributed by atoms with Crippen LogP contribution in [0.1, 0.15) is 64.7 Å². The molecule has 0 aromatic carbocycles. The summed E-state index contributed by atoms with van der Waals surface area (Å²) >= 11 is 0. The number of ketones is 1. The Labute approximate surface area is 145 Å². The van der Waals surface area contributed by atoms with Crippen molar-refractivity contribution in [3.8, 4) is 0 Å². The van der Waals surface area contributed by atoms with E-state index >= 15 is 0 Å². The number of carbonyl (C=O) groups excluding carboxylic acids is 1. The molecule has 0 bridgehead atoms. The molecule has 1 aliphatic heterocycles. The molecule has 4 saturated carbocycles. The van der Waals surface area contributed by atoms with Crippen molar-refractivity contribution in [2.24, 2.45) is 40.9 Å². The van der Waals surface area contributed by atoms with Crippen molar-refractivity contribution in [1.29, 1.82) is 0 Å². The molecule has 6 aliphatic rings. The molecular formula is C22H30O2. The van der Waals surface area contributed by atoms with E-state index in [9.17, 15) is 4.79 Å². The van der Waals surface area contributed by atoms with Gasteiger partial charge < -0.3 is 4.74 Å². The molecule has 0 aromatic heterocycles. The summed E-state index contributed by atoms with van der Waals surface area (Å²) in [5, 5.41) is 0. The first kappa shape index (κ1) is 14.5. The maximum absolute atomic E-state index is 11.8. The largest absolute Gasteiger partial charge is 0.374 e. The van der Waals surface area contributed by atoms with Gasteiger partial charge in [-0.25, -0.2) is 0 Å². The number of fused-ring (bicyclic) bond motifs is 9. The Bertz CT molecular complexity index is 628. The van der Waals surface area contributed by atoms with Gasteiger partial charge in [-0.2, -0.15) is 0 Å². The van der Waals surface area contributed by atoms with E-state index in [1.165, 1.54) is 50.5 Å². The number of hydrogen-bond acceptors (Lipinski definition) is 2. The highest BCUT2D eigenvalue weighted by molar-refractivity contribution is 5.91. The second-order valence-corrected chi connectivity index (χ2v) is 10.0. The van der Waals surface area contributed by atoms with Crippen LogP contribution in [0.3, 0.4) is 0 Å². The fourth-order valence-corrected chi connectivity index (χ4v) is 8.69. The molecule has 5 aliphatic carbocycles. The van der Waals surface area contributed by atoms with Crippen LogP contribution >= 0.6 is 0 Å². The first-order valence-corrected chi connectivity index (χ1v) is 10.5. The summed E-state index contributed by atoms with van der Waals surface area (Å²) in [4.78, 5) is 11.8. The third kappa shape index (κ3) is 1.56. The van der Waals surface area contributed by atoms with Gasteiger partial charge in [-0.3, -0.25) is 4.79 Å². The number of hydrogen-bond donors (Lipinski definition) is 0. The van der Waals surface area contributed by atoms with E-state index in [0.717, 1.165) is 55.0 Å². The first-order valence-electron chi connectivity index (χ1n) is 10.5. The van der Waals surface area contributed by atoms with Crippen molar-refractivity contribution in [2.45, 2.75) is 70.3 Å². The molecule has 0 radical (unpaired) electrons. The summed E-state index contributed by atoms with van der Waals surface area (Å²) < 4.78 is 6.57. The zero-order valence-electron chi connectivity index (χ0n) is 14.9. The number of carbonyl (C=O) groups is 1. The molecule has 6 rings (SSSR count). The second kappa shape index (κ2) is 4.55. The maximum Gasteiger partial charge on any atom is 0.155 e. The number of rotatable bonds is 0. The van der Waals surface area contributed by atoms with Gasteiger partial charge in [-0.15, -0.1) is 0 Å².